The van der Waals surface area contributed by atoms with Gasteiger partial charge >= 0.3 is 0 Å². The van der Waals surface area contributed by atoms with Crippen molar-refractivity contribution in [3.05, 3.63) is 0 Å². The fourth-order valence-electron chi connectivity index (χ4n) is 1.27. The van der Waals surface area contributed by atoms with Crippen LogP contribution in [-0.4, -0.2) is 37.2 Å². The zero-order chi connectivity index (χ0) is 7.61. The minimum absolute atomic E-state index is 0.0663. The first-order valence-corrected chi connectivity index (χ1v) is 3.41. The highest BCUT2D eigenvalue weighted by molar-refractivity contribution is 4.99. The van der Waals surface area contributed by atoms with Crippen molar-refractivity contribution < 1.29 is 4.74 Å². The van der Waals surface area contributed by atoms with Gasteiger partial charge in [0.25, 0.3) is 0 Å². The molecule has 0 amide bonds. The molecule has 1 aliphatic heterocycles. The average Bonchev–Trinajstić information content (AvgIpc) is 1.85. The van der Waals surface area contributed by atoms with Crippen LogP contribution in [0.5, 0.6) is 0 Å². The van der Waals surface area contributed by atoms with Gasteiger partial charge in [0.2, 0.25) is 0 Å². The molecule has 2 heteroatoms. The van der Waals surface area contributed by atoms with E-state index < -0.39 is 0 Å². The summed E-state index contributed by atoms with van der Waals surface area (Å²) in [7, 11) is 1.74. The maximum atomic E-state index is 5.24. The average molecular weight is 139 g/mol. The number of likely N-dealkylation sites (tertiary alicyclic amines) is 1. The van der Waals surface area contributed by atoms with Gasteiger partial charge in [0, 0.05) is 20.2 Å². The van der Waals surface area contributed by atoms with E-state index in [1.54, 1.807) is 7.11 Å². The van der Waals surface area contributed by atoms with Crippen molar-refractivity contribution >= 4 is 0 Å². The summed E-state index contributed by atoms with van der Waals surface area (Å²) < 4.78 is 5.24. The summed E-state index contributed by atoms with van der Waals surface area (Å²) in [4.78, 5) is 2.18. The van der Waals surface area contributed by atoms with Crippen LogP contribution in [0.1, 0.15) is 6.92 Å². The van der Waals surface area contributed by atoms with Crippen molar-refractivity contribution in [1.82, 2.24) is 4.90 Å². The highest BCUT2D eigenvalue weighted by Crippen LogP contribution is 2.22. The first-order valence-electron chi connectivity index (χ1n) is 3.41. The predicted molar refractivity (Wildman–Crippen MR) is 40.7 cm³/mol. The van der Waals surface area contributed by atoms with Gasteiger partial charge in [0.15, 0.2) is 0 Å². The normalized spacial score (nSPS) is 23.3. The lowest BCUT2D eigenvalue weighted by molar-refractivity contribution is -0.105. The fourth-order valence-corrected chi connectivity index (χ4v) is 1.27. The Hall–Kier alpha value is -0.520. The Morgan fingerprint density at radius 3 is 2.70 bits per heavy atom. The van der Waals surface area contributed by atoms with Crippen LogP contribution in [0.3, 0.4) is 0 Å². The third-order valence-electron chi connectivity index (χ3n) is 1.92. The van der Waals surface area contributed by atoms with Gasteiger partial charge in [-0.25, -0.2) is 0 Å². The number of hydrogen-bond donors (Lipinski definition) is 0. The second kappa shape index (κ2) is 2.61. The molecule has 0 aromatic heterocycles. The fraction of sp³-hybridized carbons (Fsp3) is 0.750. The first kappa shape index (κ1) is 7.59. The van der Waals surface area contributed by atoms with E-state index in [-0.39, 0.29) is 5.60 Å². The molecule has 0 radical (unpaired) electrons. The summed E-state index contributed by atoms with van der Waals surface area (Å²) in [6.07, 6.45) is 5.14. The lowest BCUT2D eigenvalue weighted by Gasteiger charge is -2.45. The van der Waals surface area contributed by atoms with E-state index in [1.807, 2.05) is 0 Å². The van der Waals surface area contributed by atoms with Crippen molar-refractivity contribution in [1.29, 1.82) is 0 Å². The number of hydrogen-bond acceptors (Lipinski definition) is 2. The van der Waals surface area contributed by atoms with Crippen LogP contribution < -0.4 is 0 Å². The molecule has 0 bridgehead atoms. The van der Waals surface area contributed by atoms with Gasteiger partial charge in [-0.15, -0.1) is 6.42 Å². The molecule has 56 valence electrons. The minimum atomic E-state index is 0.0663. The third-order valence-corrected chi connectivity index (χ3v) is 1.92. The van der Waals surface area contributed by atoms with Crippen LogP contribution in [-0.2, 0) is 4.74 Å². The number of methoxy groups -OCH3 is 1. The molecule has 0 spiro atoms. The second-order valence-corrected chi connectivity index (χ2v) is 3.00. The Morgan fingerprint density at radius 1 is 1.70 bits per heavy atom. The lowest BCUT2D eigenvalue weighted by atomic mass is 9.97. The van der Waals surface area contributed by atoms with E-state index in [1.165, 1.54) is 0 Å². The van der Waals surface area contributed by atoms with Crippen LogP contribution in [0.4, 0.5) is 0 Å². The molecule has 0 aliphatic carbocycles. The molecule has 0 saturated carbocycles. The monoisotopic (exact) mass is 139 g/mol. The Morgan fingerprint density at radius 2 is 2.30 bits per heavy atom. The molecule has 0 N–H and O–H groups in total. The molecule has 0 atom stereocenters. The zero-order valence-corrected chi connectivity index (χ0v) is 6.55. The molecule has 0 aromatic rings. The van der Waals surface area contributed by atoms with Gasteiger partial charge in [-0.1, -0.05) is 5.92 Å². The van der Waals surface area contributed by atoms with E-state index >= 15 is 0 Å². The molecule has 0 aromatic carbocycles. The first-order chi connectivity index (χ1) is 4.70. The molecule has 1 fully saturated rings. The van der Waals surface area contributed by atoms with Crippen LogP contribution >= 0.6 is 0 Å². The van der Waals surface area contributed by atoms with Crippen molar-refractivity contribution in [2.24, 2.45) is 0 Å². The number of terminal acetylenes is 1. The highest BCUT2D eigenvalue weighted by atomic mass is 16.5. The van der Waals surface area contributed by atoms with Gasteiger partial charge in [0.1, 0.15) is 0 Å². The molecule has 1 rings (SSSR count). The summed E-state index contributed by atoms with van der Waals surface area (Å²) in [5.74, 6) is 2.60. The molecular formula is C8H13NO. The van der Waals surface area contributed by atoms with E-state index in [4.69, 9.17) is 11.2 Å². The Kier molecular flexibility index (Phi) is 1.98. The SMILES string of the molecule is C#CCN1CC(C)(OC)C1. The minimum Gasteiger partial charge on any atom is -0.376 e. The topological polar surface area (TPSA) is 12.5 Å². The number of nitrogens with zero attached hydrogens (tertiary/aromatic N) is 1. The molecule has 1 aliphatic rings. The Bertz CT molecular complexity index is 153. The maximum Gasteiger partial charge on any atom is 0.0903 e. The molecule has 10 heavy (non-hydrogen) atoms. The van der Waals surface area contributed by atoms with Gasteiger partial charge in [-0.3, -0.25) is 4.90 Å². The Labute approximate surface area is 62.2 Å². The van der Waals surface area contributed by atoms with E-state index in [0.717, 1.165) is 19.6 Å². The van der Waals surface area contributed by atoms with Crippen molar-refractivity contribution in [3.8, 4) is 12.3 Å². The summed E-state index contributed by atoms with van der Waals surface area (Å²) in [6, 6.07) is 0. The summed E-state index contributed by atoms with van der Waals surface area (Å²) in [6.45, 7) is 4.78. The van der Waals surface area contributed by atoms with Crippen molar-refractivity contribution in [3.63, 3.8) is 0 Å². The van der Waals surface area contributed by atoms with E-state index in [2.05, 4.69) is 17.7 Å². The summed E-state index contributed by atoms with van der Waals surface area (Å²) in [5.41, 5.74) is 0.0663. The van der Waals surface area contributed by atoms with E-state index in [0.29, 0.717) is 0 Å². The van der Waals surface area contributed by atoms with Crippen LogP contribution in [0, 0.1) is 12.3 Å². The molecule has 2 nitrogen and oxygen atoms in total. The lowest BCUT2D eigenvalue weighted by Crippen LogP contribution is -2.60. The van der Waals surface area contributed by atoms with E-state index in [9.17, 15) is 0 Å². The second-order valence-electron chi connectivity index (χ2n) is 3.00. The van der Waals surface area contributed by atoms with Crippen molar-refractivity contribution in [2.75, 3.05) is 26.7 Å². The van der Waals surface area contributed by atoms with Gasteiger partial charge < -0.3 is 4.74 Å². The van der Waals surface area contributed by atoms with Gasteiger partial charge in [0.05, 0.1) is 12.1 Å². The largest absolute Gasteiger partial charge is 0.376 e. The standard InChI is InChI=1S/C8H13NO/c1-4-5-9-6-8(2,7-9)10-3/h1H,5-7H2,2-3H3. The molecule has 0 unspecified atom stereocenters. The Balaban J connectivity index is 2.24. The van der Waals surface area contributed by atoms with Crippen LogP contribution in [0.25, 0.3) is 0 Å². The number of rotatable bonds is 2. The van der Waals surface area contributed by atoms with Crippen LogP contribution in [0.2, 0.25) is 0 Å². The van der Waals surface area contributed by atoms with Crippen LogP contribution in [0.15, 0.2) is 0 Å². The maximum absolute atomic E-state index is 5.24. The molecule has 1 saturated heterocycles. The smallest absolute Gasteiger partial charge is 0.0903 e. The molecule has 1 heterocycles. The summed E-state index contributed by atoms with van der Waals surface area (Å²) >= 11 is 0. The highest BCUT2D eigenvalue weighted by Gasteiger charge is 2.37. The zero-order valence-electron chi connectivity index (χ0n) is 6.55. The summed E-state index contributed by atoms with van der Waals surface area (Å²) in [5, 5.41) is 0. The third kappa shape index (κ3) is 1.31. The van der Waals surface area contributed by atoms with Crippen molar-refractivity contribution in [2.45, 2.75) is 12.5 Å². The molecular weight excluding hydrogens is 126 g/mol. The van der Waals surface area contributed by atoms with Gasteiger partial charge in [-0.2, -0.15) is 0 Å². The quantitative estimate of drug-likeness (QED) is 0.511. The predicted octanol–water partition coefficient (Wildman–Crippen LogP) is 0.340. The number of ether oxygens (including phenoxy) is 1. The van der Waals surface area contributed by atoms with Gasteiger partial charge in [-0.05, 0) is 6.92 Å².